The molecule has 0 bridgehead atoms. The quantitative estimate of drug-likeness (QED) is 0.641. The lowest BCUT2D eigenvalue weighted by molar-refractivity contribution is 0.657. The van der Waals surface area contributed by atoms with Crippen LogP contribution in [0.15, 0.2) is 11.0 Å². The summed E-state index contributed by atoms with van der Waals surface area (Å²) in [6.07, 6.45) is 6.43. The van der Waals surface area contributed by atoms with Crippen LogP contribution in [0.2, 0.25) is 0 Å². The van der Waals surface area contributed by atoms with Gasteiger partial charge in [0.25, 0.3) is 5.56 Å². The molecule has 0 aromatic carbocycles. The molecule has 0 saturated heterocycles. The van der Waals surface area contributed by atoms with Crippen molar-refractivity contribution in [1.82, 2.24) is 4.57 Å². The summed E-state index contributed by atoms with van der Waals surface area (Å²) < 4.78 is 1.71. The molecule has 2 rings (SSSR count). The second-order valence-corrected chi connectivity index (χ2v) is 3.89. The maximum atomic E-state index is 11.7. The Labute approximate surface area is 91.9 Å². The number of pyridine rings is 1. The lowest BCUT2D eigenvalue weighted by Crippen LogP contribution is -2.25. The molecule has 2 heteroatoms. The number of rotatable bonds is 0. The molecule has 1 aliphatic carbocycles. The number of nitrogens with zero attached hydrogens (tertiary/aromatic N) is 1. The number of hydrogen-bond acceptors (Lipinski definition) is 1. The zero-order chi connectivity index (χ0) is 11.4. The van der Waals surface area contributed by atoms with Crippen LogP contribution in [-0.4, -0.2) is 4.57 Å². The van der Waals surface area contributed by atoms with Crippen LogP contribution in [-0.2, 0) is 19.9 Å². The van der Waals surface area contributed by atoms with Crippen molar-refractivity contribution in [2.75, 3.05) is 0 Å². The van der Waals surface area contributed by atoms with Crippen molar-refractivity contribution in [3.8, 4) is 0 Å². The SMILES string of the molecule is CC.Cc1cn(C)c(=O)c2c1CCCC2. The van der Waals surface area contributed by atoms with Gasteiger partial charge in [-0.2, -0.15) is 0 Å². The van der Waals surface area contributed by atoms with Crippen molar-refractivity contribution in [3.63, 3.8) is 0 Å². The maximum Gasteiger partial charge on any atom is 0.253 e. The standard InChI is InChI=1S/C11H15NO.C2H6/c1-8-7-12(2)11(13)10-6-4-3-5-9(8)10;1-2/h7H,3-6H2,1-2H3;1-2H3. The summed E-state index contributed by atoms with van der Waals surface area (Å²) in [5.41, 5.74) is 3.86. The highest BCUT2D eigenvalue weighted by atomic mass is 16.1. The van der Waals surface area contributed by atoms with E-state index in [4.69, 9.17) is 0 Å². The highest BCUT2D eigenvalue weighted by Crippen LogP contribution is 2.20. The van der Waals surface area contributed by atoms with Gasteiger partial charge in [0, 0.05) is 18.8 Å². The fraction of sp³-hybridized carbons (Fsp3) is 0.615. The first-order valence-corrected chi connectivity index (χ1v) is 5.88. The molecule has 1 heterocycles. The van der Waals surface area contributed by atoms with E-state index in [1.54, 1.807) is 4.57 Å². The minimum absolute atomic E-state index is 0.209. The van der Waals surface area contributed by atoms with E-state index in [0.29, 0.717) is 0 Å². The molecule has 1 aromatic rings. The van der Waals surface area contributed by atoms with Crippen LogP contribution >= 0.6 is 0 Å². The molecule has 84 valence electrons. The molecule has 0 N–H and O–H groups in total. The molecule has 0 amide bonds. The molecular formula is C13H21NO. The van der Waals surface area contributed by atoms with Crippen molar-refractivity contribution in [3.05, 3.63) is 33.2 Å². The third-order valence-corrected chi connectivity index (χ3v) is 2.91. The molecule has 2 nitrogen and oxygen atoms in total. The topological polar surface area (TPSA) is 22.0 Å². The summed E-state index contributed by atoms with van der Waals surface area (Å²) in [5.74, 6) is 0. The third kappa shape index (κ3) is 2.31. The minimum Gasteiger partial charge on any atom is -0.318 e. The van der Waals surface area contributed by atoms with Gasteiger partial charge in [-0.15, -0.1) is 0 Å². The summed E-state index contributed by atoms with van der Waals surface area (Å²) in [7, 11) is 1.84. The summed E-state index contributed by atoms with van der Waals surface area (Å²) in [5, 5.41) is 0. The molecule has 0 radical (unpaired) electrons. The minimum atomic E-state index is 0.209. The van der Waals surface area contributed by atoms with Crippen LogP contribution in [0.3, 0.4) is 0 Å². The molecule has 0 saturated carbocycles. The summed E-state index contributed by atoms with van der Waals surface area (Å²) in [6, 6.07) is 0. The predicted molar refractivity (Wildman–Crippen MR) is 64.4 cm³/mol. The highest BCUT2D eigenvalue weighted by Gasteiger charge is 2.15. The Morgan fingerprint density at radius 2 is 1.67 bits per heavy atom. The Hall–Kier alpha value is -1.05. The Bertz CT molecular complexity index is 390. The number of aryl methyl sites for hydroxylation is 2. The van der Waals surface area contributed by atoms with E-state index in [-0.39, 0.29) is 5.56 Å². The first-order chi connectivity index (χ1) is 7.20. The van der Waals surface area contributed by atoms with Crippen LogP contribution in [0.1, 0.15) is 43.4 Å². The summed E-state index contributed by atoms with van der Waals surface area (Å²) in [6.45, 7) is 6.10. The van der Waals surface area contributed by atoms with Crippen LogP contribution < -0.4 is 5.56 Å². The van der Waals surface area contributed by atoms with Gasteiger partial charge in [0.05, 0.1) is 0 Å². The Morgan fingerprint density at radius 1 is 1.13 bits per heavy atom. The van der Waals surface area contributed by atoms with Crippen LogP contribution in [0.5, 0.6) is 0 Å². The second-order valence-electron chi connectivity index (χ2n) is 3.89. The van der Waals surface area contributed by atoms with Crippen molar-refractivity contribution >= 4 is 0 Å². The fourth-order valence-electron chi connectivity index (χ4n) is 2.22. The Kier molecular flexibility index (Phi) is 4.13. The normalized spacial score (nSPS) is 13.9. The van der Waals surface area contributed by atoms with Gasteiger partial charge in [0.2, 0.25) is 0 Å². The van der Waals surface area contributed by atoms with Crippen LogP contribution in [0, 0.1) is 6.92 Å². The first-order valence-electron chi connectivity index (χ1n) is 5.88. The lowest BCUT2D eigenvalue weighted by atomic mass is 9.90. The number of aromatic nitrogens is 1. The van der Waals surface area contributed by atoms with Gasteiger partial charge in [-0.05, 0) is 43.7 Å². The predicted octanol–water partition coefficient (Wildman–Crippen LogP) is 2.60. The van der Waals surface area contributed by atoms with Gasteiger partial charge in [-0.3, -0.25) is 4.79 Å². The zero-order valence-electron chi connectivity index (χ0n) is 10.3. The third-order valence-electron chi connectivity index (χ3n) is 2.91. The number of fused-ring (bicyclic) bond motifs is 1. The largest absolute Gasteiger partial charge is 0.318 e. The van der Waals surface area contributed by atoms with Gasteiger partial charge in [-0.1, -0.05) is 13.8 Å². The first kappa shape index (κ1) is 12.0. The number of hydrogen-bond donors (Lipinski definition) is 0. The van der Waals surface area contributed by atoms with E-state index in [2.05, 4.69) is 6.92 Å². The van der Waals surface area contributed by atoms with Crippen molar-refractivity contribution in [2.24, 2.45) is 7.05 Å². The van der Waals surface area contributed by atoms with E-state index < -0.39 is 0 Å². The molecule has 0 aliphatic heterocycles. The van der Waals surface area contributed by atoms with E-state index >= 15 is 0 Å². The van der Waals surface area contributed by atoms with Crippen LogP contribution in [0.25, 0.3) is 0 Å². The van der Waals surface area contributed by atoms with Crippen molar-refractivity contribution in [1.29, 1.82) is 0 Å². The molecule has 0 fully saturated rings. The van der Waals surface area contributed by atoms with E-state index in [1.165, 1.54) is 24.0 Å². The van der Waals surface area contributed by atoms with Crippen LogP contribution in [0.4, 0.5) is 0 Å². The Morgan fingerprint density at radius 3 is 2.27 bits per heavy atom. The van der Waals surface area contributed by atoms with Gasteiger partial charge < -0.3 is 4.57 Å². The average Bonchev–Trinajstić information content (AvgIpc) is 2.29. The van der Waals surface area contributed by atoms with E-state index in [1.807, 2.05) is 27.1 Å². The van der Waals surface area contributed by atoms with Gasteiger partial charge in [-0.25, -0.2) is 0 Å². The maximum absolute atomic E-state index is 11.7. The van der Waals surface area contributed by atoms with Crippen molar-refractivity contribution in [2.45, 2.75) is 46.5 Å². The lowest BCUT2D eigenvalue weighted by Gasteiger charge is -2.18. The molecule has 0 unspecified atom stereocenters. The summed E-state index contributed by atoms with van der Waals surface area (Å²) in [4.78, 5) is 11.7. The second kappa shape index (κ2) is 5.15. The average molecular weight is 207 g/mol. The van der Waals surface area contributed by atoms with Gasteiger partial charge >= 0.3 is 0 Å². The smallest absolute Gasteiger partial charge is 0.253 e. The fourth-order valence-corrected chi connectivity index (χ4v) is 2.22. The van der Waals surface area contributed by atoms with Crippen molar-refractivity contribution < 1.29 is 0 Å². The highest BCUT2D eigenvalue weighted by molar-refractivity contribution is 5.33. The molecule has 0 spiro atoms. The monoisotopic (exact) mass is 207 g/mol. The Balaban J connectivity index is 0.000000531. The van der Waals surface area contributed by atoms with Gasteiger partial charge in [0.15, 0.2) is 0 Å². The molecule has 1 aromatic heterocycles. The van der Waals surface area contributed by atoms with Gasteiger partial charge in [0.1, 0.15) is 0 Å². The molecule has 0 atom stereocenters. The zero-order valence-corrected chi connectivity index (χ0v) is 10.3. The summed E-state index contributed by atoms with van der Waals surface area (Å²) >= 11 is 0. The molecule has 15 heavy (non-hydrogen) atoms. The molecule has 1 aliphatic rings. The molecular weight excluding hydrogens is 186 g/mol. The van der Waals surface area contributed by atoms with E-state index in [9.17, 15) is 4.79 Å². The van der Waals surface area contributed by atoms with E-state index in [0.717, 1.165) is 18.4 Å².